The second-order valence-corrected chi connectivity index (χ2v) is 7.53. The van der Waals surface area contributed by atoms with Gasteiger partial charge in [0.15, 0.2) is 0 Å². The molecule has 0 saturated heterocycles. The highest BCUT2D eigenvalue weighted by atomic mass is 16.6. The minimum Gasteiger partial charge on any atom is -0.444 e. The first-order valence-corrected chi connectivity index (χ1v) is 10.0. The number of azide groups is 1. The van der Waals surface area contributed by atoms with E-state index in [0.29, 0.717) is 19.7 Å². The molecular formula is C19H38N4O3. The number of unbranched alkanes of at least 4 members (excludes halogenated alkanes) is 9. The second-order valence-electron chi connectivity index (χ2n) is 7.53. The summed E-state index contributed by atoms with van der Waals surface area (Å²) < 4.78 is 10.7. The van der Waals surface area contributed by atoms with Gasteiger partial charge in [0.2, 0.25) is 0 Å². The Morgan fingerprint density at radius 1 is 0.923 bits per heavy atom. The number of nitrogens with one attached hydrogen (secondary N) is 1. The second kappa shape index (κ2) is 17.0. The van der Waals surface area contributed by atoms with Crippen LogP contribution in [-0.4, -0.2) is 38.0 Å². The Bertz CT molecular complexity index is 391. The van der Waals surface area contributed by atoms with Gasteiger partial charge in [-0.05, 0) is 39.1 Å². The van der Waals surface area contributed by atoms with Gasteiger partial charge in [0.1, 0.15) is 5.60 Å². The minimum absolute atomic E-state index is 0.392. The molecule has 1 amide bonds. The fourth-order valence-electron chi connectivity index (χ4n) is 2.49. The Labute approximate surface area is 158 Å². The van der Waals surface area contributed by atoms with Gasteiger partial charge in [0.25, 0.3) is 0 Å². The van der Waals surface area contributed by atoms with Crippen molar-refractivity contribution in [3.05, 3.63) is 10.4 Å². The summed E-state index contributed by atoms with van der Waals surface area (Å²) in [6, 6.07) is 0. The van der Waals surface area contributed by atoms with E-state index in [2.05, 4.69) is 15.3 Å². The molecule has 0 heterocycles. The van der Waals surface area contributed by atoms with Gasteiger partial charge in [-0.3, -0.25) is 0 Å². The third kappa shape index (κ3) is 20.6. The van der Waals surface area contributed by atoms with Crippen molar-refractivity contribution in [2.45, 2.75) is 90.6 Å². The Kier molecular flexibility index (Phi) is 16.0. The van der Waals surface area contributed by atoms with E-state index in [-0.39, 0.29) is 0 Å². The van der Waals surface area contributed by atoms with Crippen LogP contribution in [0.15, 0.2) is 5.11 Å². The average Bonchev–Trinajstić information content (AvgIpc) is 2.56. The predicted octanol–water partition coefficient (Wildman–Crippen LogP) is 5.74. The van der Waals surface area contributed by atoms with Crippen molar-refractivity contribution < 1.29 is 14.3 Å². The lowest BCUT2D eigenvalue weighted by Gasteiger charge is -2.19. The fourth-order valence-corrected chi connectivity index (χ4v) is 2.49. The van der Waals surface area contributed by atoms with Crippen molar-refractivity contribution in [2.75, 3.05) is 26.3 Å². The van der Waals surface area contributed by atoms with Gasteiger partial charge in [0.05, 0.1) is 6.61 Å². The number of nitrogens with zero attached hydrogens (tertiary/aromatic N) is 3. The number of hydrogen-bond acceptors (Lipinski definition) is 4. The van der Waals surface area contributed by atoms with Gasteiger partial charge >= 0.3 is 6.09 Å². The molecule has 0 aliphatic carbocycles. The molecule has 0 aromatic rings. The molecular weight excluding hydrogens is 332 g/mol. The number of rotatable bonds is 16. The Morgan fingerprint density at radius 3 is 2.00 bits per heavy atom. The average molecular weight is 371 g/mol. The molecule has 0 fully saturated rings. The molecule has 0 aliphatic rings. The molecule has 0 aromatic carbocycles. The summed E-state index contributed by atoms with van der Waals surface area (Å²) in [5, 5.41) is 6.22. The number of hydrogen-bond donors (Lipinski definition) is 1. The SMILES string of the molecule is CC(C)(C)OC(=O)NCCOCCCCCCCCCCCCN=[N+]=[N-]. The number of alkyl carbamates (subject to hydrolysis) is 1. The molecule has 0 saturated carbocycles. The summed E-state index contributed by atoms with van der Waals surface area (Å²) in [5.41, 5.74) is 7.71. The van der Waals surface area contributed by atoms with Gasteiger partial charge in [-0.15, -0.1) is 0 Å². The monoisotopic (exact) mass is 370 g/mol. The van der Waals surface area contributed by atoms with Gasteiger partial charge < -0.3 is 14.8 Å². The number of carbonyl (C=O) groups is 1. The summed E-state index contributed by atoms with van der Waals surface area (Å²) in [6.45, 7) is 7.93. The van der Waals surface area contributed by atoms with Crippen LogP contribution < -0.4 is 5.32 Å². The summed E-state index contributed by atoms with van der Waals surface area (Å²) in [6.07, 6.45) is 11.7. The summed E-state index contributed by atoms with van der Waals surface area (Å²) in [7, 11) is 0. The molecule has 26 heavy (non-hydrogen) atoms. The minimum atomic E-state index is -0.460. The topological polar surface area (TPSA) is 96.3 Å². The van der Waals surface area contributed by atoms with Crippen molar-refractivity contribution in [3.63, 3.8) is 0 Å². The molecule has 0 rings (SSSR count). The molecule has 0 spiro atoms. The molecule has 7 nitrogen and oxygen atoms in total. The normalized spacial score (nSPS) is 11.0. The van der Waals surface area contributed by atoms with E-state index in [1.165, 1.54) is 51.4 Å². The zero-order chi connectivity index (χ0) is 19.5. The fraction of sp³-hybridized carbons (Fsp3) is 0.947. The highest BCUT2D eigenvalue weighted by Gasteiger charge is 2.15. The van der Waals surface area contributed by atoms with Crippen molar-refractivity contribution >= 4 is 6.09 Å². The summed E-state index contributed by atoms with van der Waals surface area (Å²) in [4.78, 5) is 14.2. The van der Waals surface area contributed by atoms with E-state index in [4.69, 9.17) is 15.0 Å². The van der Waals surface area contributed by atoms with E-state index < -0.39 is 11.7 Å². The highest BCUT2D eigenvalue weighted by molar-refractivity contribution is 5.67. The largest absolute Gasteiger partial charge is 0.444 e. The molecule has 0 aromatic heterocycles. The molecule has 7 heteroatoms. The standard InChI is InChI=1S/C19H38N4O3/c1-19(2,3)26-18(24)21-15-17-25-16-13-11-9-7-5-4-6-8-10-12-14-22-23-20/h4-17H2,1-3H3,(H,21,24). The quantitative estimate of drug-likeness (QED) is 0.162. The van der Waals surface area contributed by atoms with E-state index in [0.717, 1.165) is 19.4 Å². The first-order valence-electron chi connectivity index (χ1n) is 10.0. The van der Waals surface area contributed by atoms with E-state index >= 15 is 0 Å². The highest BCUT2D eigenvalue weighted by Crippen LogP contribution is 2.10. The molecule has 152 valence electrons. The Balaban J connectivity index is 3.16. The van der Waals surface area contributed by atoms with Crippen molar-refractivity contribution in [1.82, 2.24) is 5.32 Å². The van der Waals surface area contributed by atoms with Gasteiger partial charge in [-0.1, -0.05) is 56.5 Å². The first-order chi connectivity index (χ1) is 12.5. The lowest BCUT2D eigenvalue weighted by molar-refractivity contribution is 0.0498. The van der Waals surface area contributed by atoms with Crippen LogP contribution in [0.5, 0.6) is 0 Å². The van der Waals surface area contributed by atoms with E-state index in [9.17, 15) is 4.79 Å². The van der Waals surface area contributed by atoms with Gasteiger partial charge in [-0.25, -0.2) is 4.79 Å². The van der Waals surface area contributed by atoms with E-state index in [1.807, 2.05) is 20.8 Å². The zero-order valence-electron chi connectivity index (χ0n) is 17.0. The summed E-state index contributed by atoms with van der Waals surface area (Å²) >= 11 is 0. The van der Waals surface area contributed by atoms with Crippen LogP contribution in [-0.2, 0) is 9.47 Å². The Morgan fingerprint density at radius 2 is 1.46 bits per heavy atom. The maximum Gasteiger partial charge on any atom is 0.407 e. The van der Waals surface area contributed by atoms with E-state index in [1.54, 1.807) is 0 Å². The molecule has 0 unspecified atom stereocenters. The van der Waals surface area contributed by atoms with Crippen LogP contribution >= 0.6 is 0 Å². The zero-order valence-corrected chi connectivity index (χ0v) is 17.0. The Hall–Kier alpha value is -1.46. The number of amides is 1. The van der Waals surface area contributed by atoms with Crippen molar-refractivity contribution in [1.29, 1.82) is 0 Å². The third-order valence-corrected chi connectivity index (χ3v) is 3.77. The van der Waals surface area contributed by atoms with Crippen molar-refractivity contribution in [3.8, 4) is 0 Å². The van der Waals surface area contributed by atoms with Crippen LogP contribution in [0.3, 0.4) is 0 Å². The lowest BCUT2D eigenvalue weighted by atomic mass is 10.1. The number of carbonyl (C=O) groups excluding carboxylic acids is 1. The van der Waals surface area contributed by atoms with Gasteiger partial charge in [-0.2, -0.15) is 0 Å². The van der Waals surface area contributed by atoms with Crippen LogP contribution in [0.4, 0.5) is 4.79 Å². The first kappa shape index (κ1) is 24.5. The van der Waals surface area contributed by atoms with Crippen LogP contribution in [0.25, 0.3) is 10.4 Å². The summed E-state index contributed by atoms with van der Waals surface area (Å²) in [5.74, 6) is 0. The van der Waals surface area contributed by atoms with Crippen LogP contribution in [0.2, 0.25) is 0 Å². The third-order valence-electron chi connectivity index (χ3n) is 3.77. The lowest BCUT2D eigenvalue weighted by Crippen LogP contribution is -2.34. The molecule has 0 atom stereocenters. The smallest absolute Gasteiger partial charge is 0.407 e. The van der Waals surface area contributed by atoms with Crippen molar-refractivity contribution in [2.24, 2.45) is 5.11 Å². The predicted molar refractivity (Wildman–Crippen MR) is 105 cm³/mol. The molecule has 0 radical (unpaired) electrons. The molecule has 0 aliphatic heterocycles. The van der Waals surface area contributed by atoms with Crippen LogP contribution in [0.1, 0.15) is 85.0 Å². The molecule has 0 bridgehead atoms. The number of ether oxygens (including phenoxy) is 2. The van der Waals surface area contributed by atoms with Gasteiger partial charge in [0, 0.05) is 24.6 Å². The molecule has 1 N–H and O–H groups in total. The maximum atomic E-state index is 11.4. The maximum absolute atomic E-state index is 11.4. The van der Waals surface area contributed by atoms with Crippen LogP contribution in [0, 0.1) is 0 Å².